The van der Waals surface area contributed by atoms with Gasteiger partial charge in [-0.1, -0.05) is 17.3 Å². The van der Waals surface area contributed by atoms with Gasteiger partial charge >= 0.3 is 0 Å². The Labute approximate surface area is 124 Å². The highest BCUT2D eigenvalue weighted by Gasteiger charge is 2.15. The Kier molecular flexibility index (Phi) is 3.47. The van der Waals surface area contributed by atoms with Crippen molar-refractivity contribution in [3.63, 3.8) is 0 Å². The van der Waals surface area contributed by atoms with Gasteiger partial charge < -0.3 is 9.84 Å². The number of hydrogen-bond acceptors (Lipinski definition) is 5. The van der Waals surface area contributed by atoms with Crippen LogP contribution >= 0.6 is 15.9 Å². The van der Waals surface area contributed by atoms with Gasteiger partial charge in [0.25, 0.3) is 5.89 Å². The first-order valence-corrected chi connectivity index (χ1v) is 6.80. The molecule has 2 heterocycles. The molecule has 20 heavy (non-hydrogen) atoms. The Bertz CT molecular complexity index is 741. The van der Waals surface area contributed by atoms with E-state index in [2.05, 4.69) is 36.4 Å². The maximum atomic E-state index is 5.34. The SMILES string of the molecule is CNc1ccccc1-c1nc(-c2ncccc2Br)no1. The second kappa shape index (κ2) is 5.42. The van der Waals surface area contributed by atoms with E-state index in [4.69, 9.17) is 4.52 Å². The van der Waals surface area contributed by atoms with Gasteiger partial charge in [-0.3, -0.25) is 4.98 Å². The average Bonchev–Trinajstić information content (AvgIpc) is 2.97. The quantitative estimate of drug-likeness (QED) is 0.794. The summed E-state index contributed by atoms with van der Waals surface area (Å²) >= 11 is 3.43. The summed E-state index contributed by atoms with van der Waals surface area (Å²) in [6.07, 6.45) is 1.69. The number of rotatable bonds is 3. The Hall–Kier alpha value is -2.21. The number of nitrogens with zero attached hydrogens (tertiary/aromatic N) is 3. The van der Waals surface area contributed by atoms with Crippen molar-refractivity contribution in [2.24, 2.45) is 0 Å². The molecule has 0 aliphatic rings. The molecule has 2 aromatic heterocycles. The van der Waals surface area contributed by atoms with Crippen molar-refractivity contribution < 1.29 is 4.52 Å². The summed E-state index contributed by atoms with van der Waals surface area (Å²) in [7, 11) is 1.85. The second-order valence-electron chi connectivity index (χ2n) is 4.05. The van der Waals surface area contributed by atoms with E-state index in [1.807, 2.05) is 43.4 Å². The van der Waals surface area contributed by atoms with Crippen molar-refractivity contribution in [3.05, 3.63) is 47.1 Å². The fourth-order valence-electron chi connectivity index (χ4n) is 1.87. The first-order chi connectivity index (χ1) is 9.79. The number of nitrogens with one attached hydrogen (secondary N) is 1. The molecule has 0 unspecified atom stereocenters. The second-order valence-corrected chi connectivity index (χ2v) is 4.91. The summed E-state index contributed by atoms with van der Waals surface area (Å²) in [6.45, 7) is 0. The Balaban J connectivity index is 2.05. The minimum Gasteiger partial charge on any atom is -0.387 e. The van der Waals surface area contributed by atoms with Gasteiger partial charge in [-0.15, -0.1) is 0 Å². The molecule has 0 bridgehead atoms. The van der Waals surface area contributed by atoms with E-state index >= 15 is 0 Å². The minimum absolute atomic E-state index is 0.457. The van der Waals surface area contributed by atoms with E-state index in [9.17, 15) is 0 Å². The average molecular weight is 331 g/mol. The standard InChI is InChI=1S/C14H11BrN4O/c1-16-11-7-3-2-5-9(11)14-18-13(19-20-14)12-10(15)6-4-8-17-12/h2-8,16H,1H3. The van der Waals surface area contributed by atoms with Crippen LogP contribution in [0.1, 0.15) is 0 Å². The third kappa shape index (κ3) is 2.30. The van der Waals surface area contributed by atoms with Gasteiger partial charge in [0.1, 0.15) is 5.69 Å². The number of halogens is 1. The summed E-state index contributed by atoms with van der Waals surface area (Å²) < 4.78 is 6.17. The monoisotopic (exact) mass is 330 g/mol. The molecule has 1 aromatic carbocycles. The number of benzene rings is 1. The molecule has 3 rings (SSSR count). The normalized spacial score (nSPS) is 10.5. The van der Waals surface area contributed by atoms with E-state index in [1.54, 1.807) is 6.20 Å². The maximum absolute atomic E-state index is 5.34. The van der Waals surface area contributed by atoms with Crippen molar-refractivity contribution >= 4 is 21.6 Å². The summed E-state index contributed by atoms with van der Waals surface area (Å²) in [6, 6.07) is 11.5. The zero-order chi connectivity index (χ0) is 13.9. The van der Waals surface area contributed by atoms with Crippen molar-refractivity contribution in [2.45, 2.75) is 0 Å². The highest BCUT2D eigenvalue weighted by Crippen LogP contribution is 2.29. The van der Waals surface area contributed by atoms with Crippen molar-refractivity contribution in [1.29, 1.82) is 0 Å². The number of pyridine rings is 1. The molecule has 3 aromatic rings. The van der Waals surface area contributed by atoms with Gasteiger partial charge in [0.15, 0.2) is 0 Å². The summed E-state index contributed by atoms with van der Waals surface area (Å²) in [5, 5.41) is 7.09. The van der Waals surface area contributed by atoms with E-state index < -0.39 is 0 Å². The van der Waals surface area contributed by atoms with Crippen LogP contribution in [0.2, 0.25) is 0 Å². The van der Waals surface area contributed by atoms with E-state index in [1.165, 1.54) is 0 Å². The van der Waals surface area contributed by atoms with E-state index in [0.717, 1.165) is 15.7 Å². The van der Waals surface area contributed by atoms with E-state index in [0.29, 0.717) is 17.4 Å². The van der Waals surface area contributed by atoms with E-state index in [-0.39, 0.29) is 0 Å². The number of anilines is 1. The smallest absolute Gasteiger partial charge is 0.260 e. The van der Waals surface area contributed by atoms with Crippen LogP contribution in [0.5, 0.6) is 0 Å². The Morgan fingerprint density at radius 2 is 2.00 bits per heavy atom. The van der Waals surface area contributed by atoms with Gasteiger partial charge in [-0.05, 0) is 40.2 Å². The molecule has 0 saturated heterocycles. The highest BCUT2D eigenvalue weighted by atomic mass is 79.9. The molecule has 100 valence electrons. The van der Waals surface area contributed by atoms with Gasteiger partial charge in [-0.25, -0.2) is 0 Å². The van der Waals surface area contributed by atoms with Crippen LogP contribution in [-0.2, 0) is 0 Å². The van der Waals surface area contributed by atoms with Gasteiger partial charge in [0.05, 0.1) is 5.56 Å². The summed E-state index contributed by atoms with van der Waals surface area (Å²) in [4.78, 5) is 8.66. The number of hydrogen-bond donors (Lipinski definition) is 1. The lowest BCUT2D eigenvalue weighted by molar-refractivity contribution is 0.432. The molecule has 6 heteroatoms. The molecule has 0 fully saturated rings. The van der Waals surface area contributed by atoms with Crippen molar-refractivity contribution in [1.82, 2.24) is 15.1 Å². The highest BCUT2D eigenvalue weighted by molar-refractivity contribution is 9.10. The molecule has 0 spiro atoms. The zero-order valence-corrected chi connectivity index (χ0v) is 12.3. The summed E-state index contributed by atoms with van der Waals surface area (Å²) in [5.41, 5.74) is 2.45. The number of para-hydroxylation sites is 1. The van der Waals surface area contributed by atoms with Crippen LogP contribution in [-0.4, -0.2) is 22.2 Å². The maximum Gasteiger partial charge on any atom is 0.260 e. The molecular formula is C14H11BrN4O. The third-order valence-corrected chi connectivity index (χ3v) is 3.46. The number of aromatic nitrogens is 3. The Morgan fingerprint density at radius 1 is 1.15 bits per heavy atom. The molecule has 0 radical (unpaired) electrons. The lowest BCUT2D eigenvalue weighted by atomic mass is 10.2. The van der Waals surface area contributed by atoms with Crippen LogP contribution in [0.15, 0.2) is 51.6 Å². The van der Waals surface area contributed by atoms with Crippen LogP contribution in [0.4, 0.5) is 5.69 Å². The topological polar surface area (TPSA) is 63.8 Å². The lowest BCUT2D eigenvalue weighted by Gasteiger charge is -2.03. The molecule has 1 N–H and O–H groups in total. The molecule has 0 aliphatic heterocycles. The summed E-state index contributed by atoms with van der Waals surface area (Å²) in [5.74, 6) is 0.917. The molecule has 0 aliphatic carbocycles. The molecule has 0 amide bonds. The predicted molar refractivity (Wildman–Crippen MR) is 80.2 cm³/mol. The molecule has 0 saturated carbocycles. The largest absolute Gasteiger partial charge is 0.387 e. The first-order valence-electron chi connectivity index (χ1n) is 6.01. The molecule has 0 atom stereocenters. The van der Waals surface area contributed by atoms with Gasteiger partial charge in [0.2, 0.25) is 5.82 Å². The van der Waals surface area contributed by atoms with Crippen molar-refractivity contribution in [2.75, 3.05) is 12.4 Å². The van der Waals surface area contributed by atoms with Gasteiger partial charge in [0, 0.05) is 23.4 Å². The van der Waals surface area contributed by atoms with Gasteiger partial charge in [-0.2, -0.15) is 4.98 Å². The van der Waals surface area contributed by atoms with Crippen LogP contribution in [0.3, 0.4) is 0 Å². The molecule has 5 nitrogen and oxygen atoms in total. The lowest BCUT2D eigenvalue weighted by Crippen LogP contribution is -1.91. The van der Waals surface area contributed by atoms with Crippen molar-refractivity contribution in [3.8, 4) is 23.0 Å². The molecular weight excluding hydrogens is 320 g/mol. The predicted octanol–water partition coefficient (Wildman–Crippen LogP) is 3.60. The minimum atomic E-state index is 0.457. The van der Waals surface area contributed by atoms with Crippen LogP contribution in [0.25, 0.3) is 23.0 Å². The Morgan fingerprint density at radius 3 is 2.80 bits per heavy atom. The van der Waals surface area contributed by atoms with Crippen LogP contribution in [0, 0.1) is 0 Å². The fraction of sp³-hybridized carbons (Fsp3) is 0.0714. The van der Waals surface area contributed by atoms with Crippen LogP contribution < -0.4 is 5.32 Å². The zero-order valence-electron chi connectivity index (χ0n) is 10.7. The first kappa shape index (κ1) is 12.8. The fourth-order valence-corrected chi connectivity index (χ4v) is 2.30. The third-order valence-electron chi connectivity index (χ3n) is 2.82.